The molecular weight excluding hydrogens is 302 g/mol. The maximum Gasteiger partial charge on any atom is 0.273 e. The summed E-state index contributed by atoms with van der Waals surface area (Å²) in [5, 5.41) is 2.36. The highest BCUT2D eigenvalue weighted by Crippen LogP contribution is 2.29. The van der Waals surface area contributed by atoms with Crippen LogP contribution in [0.1, 0.15) is 29.0 Å². The van der Waals surface area contributed by atoms with Crippen molar-refractivity contribution in [3.05, 3.63) is 59.2 Å². The molecule has 1 aliphatic carbocycles. The van der Waals surface area contributed by atoms with E-state index < -0.39 is 11.8 Å². The minimum Gasteiger partial charge on any atom is -0.399 e. The Kier molecular flexibility index (Phi) is 3.41. The Labute approximate surface area is 139 Å². The molecule has 1 fully saturated rings. The number of imide groups is 1. The van der Waals surface area contributed by atoms with Gasteiger partial charge in [-0.15, -0.1) is 0 Å². The van der Waals surface area contributed by atoms with Crippen molar-refractivity contribution in [2.75, 3.05) is 5.73 Å². The molecule has 2 amide bonds. The lowest BCUT2D eigenvalue weighted by Crippen LogP contribution is -2.22. The second-order valence-corrected chi connectivity index (χ2v) is 6.23. The molecule has 1 saturated heterocycles. The molecule has 120 valence electrons. The van der Waals surface area contributed by atoms with Gasteiger partial charge in [-0.1, -0.05) is 18.2 Å². The standard InChI is InChI=1S/C19H17N3O2/c20-14-6-2-5-13(9-14)16-17(19(24)22-18(16)23)21-15-8-7-11-3-1-4-12(11)10-15/h2,5-10,16H,1,3-4,20H2,(H,22,23,24). The van der Waals surface area contributed by atoms with Crippen LogP contribution in [0.4, 0.5) is 11.4 Å². The summed E-state index contributed by atoms with van der Waals surface area (Å²) >= 11 is 0. The minimum atomic E-state index is -0.714. The van der Waals surface area contributed by atoms with Crippen molar-refractivity contribution in [3.63, 3.8) is 0 Å². The number of hydrogen-bond acceptors (Lipinski definition) is 4. The van der Waals surface area contributed by atoms with E-state index in [2.05, 4.69) is 16.4 Å². The van der Waals surface area contributed by atoms with E-state index in [1.165, 1.54) is 11.1 Å². The first-order valence-corrected chi connectivity index (χ1v) is 8.03. The normalized spacial score (nSPS) is 21.2. The predicted molar refractivity (Wildman–Crippen MR) is 92.3 cm³/mol. The molecular formula is C19H17N3O2. The molecule has 5 heteroatoms. The van der Waals surface area contributed by atoms with E-state index in [4.69, 9.17) is 5.73 Å². The van der Waals surface area contributed by atoms with Gasteiger partial charge in [0, 0.05) is 5.69 Å². The van der Waals surface area contributed by atoms with Crippen LogP contribution in [0.5, 0.6) is 0 Å². The predicted octanol–water partition coefficient (Wildman–Crippen LogP) is 2.27. The van der Waals surface area contributed by atoms with Crippen LogP contribution in [-0.2, 0) is 22.4 Å². The summed E-state index contributed by atoms with van der Waals surface area (Å²) in [7, 11) is 0. The zero-order valence-corrected chi connectivity index (χ0v) is 13.1. The van der Waals surface area contributed by atoms with Crippen LogP contribution in [0.2, 0.25) is 0 Å². The van der Waals surface area contributed by atoms with Gasteiger partial charge in [-0.3, -0.25) is 14.9 Å². The highest BCUT2D eigenvalue weighted by atomic mass is 16.2. The summed E-state index contributed by atoms with van der Waals surface area (Å²) < 4.78 is 0. The van der Waals surface area contributed by atoms with Crippen molar-refractivity contribution < 1.29 is 9.59 Å². The fourth-order valence-electron chi connectivity index (χ4n) is 3.43. The molecule has 4 rings (SSSR count). The molecule has 1 unspecified atom stereocenters. The summed E-state index contributed by atoms with van der Waals surface area (Å²) in [5.41, 5.74) is 10.6. The number of nitrogens with two attached hydrogens (primary N) is 1. The van der Waals surface area contributed by atoms with Crippen LogP contribution in [0, 0.1) is 0 Å². The van der Waals surface area contributed by atoms with E-state index in [1.807, 2.05) is 12.1 Å². The van der Waals surface area contributed by atoms with E-state index in [0.717, 1.165) is 19.3 Å². The Morgan fingerprint density at radius 2 is 1.88 bits per heavy atom. The van der Waals surface area contributed by atoms with E-state index in [9.17, 15) is 9.59 Å². The third-order valence-corrected chi connectivity index (χ3v) is 4.58. The molecule has 0 bridgehead atoms. The van der Waals surface area contributed by atoms with Gasteiger partial charge in [0.1, 0.15) is 11.6 Å². The lowest BCUT2D eigenvalue weighted by atomic mass is 9.95. The molecule has 1 heterocycles. The monoisotopic (exact) mass is 319 g/mol. The highest BCUT2D eigenvalue weighted by Gasteiger charge is 2.39. The number of anilines is 1. The van der Waals surface area contributed by atoms with Crippen LogP contribution in [-0.4, -0.2) is 17.5 Å². The zero-order chi connectivity index (χ0) is 16.7. The first-order valence-electron chi connectivity index (χ1n) is 8.03. The Bertz CT molecular complexity index is 886. The fraction of sp³-hybridized carbons (Fsp3) is 0.211. The van der Waals surface area contributed by atoms with Crippen molar-refractivity contribution in [1.82, 2.24) is 5.32 Å². The highest BCUT2D eigenvalue weighted by molar-refractivity contribution is 6.52. The second-order valence-electron chi connectivity index (χ2n) is 6.23. The van der Waals surface area contributed by atoms with E-state index in [-0.39, 0.29) is 11.6 Å². The average Bonchev–Trinajstić information content (AvgIpc) is 3.11. The number of nitrogens with zero attached hydrogens (tertiary/aromatic N) is 1. The molecule has 24 heavy (non-hydrogen) atoms. The van der Waals surface area contributed by atoms with Crippen molar-refractivity contribution >= 4 is 28.9 Å². The third-order valence-electron chi connectivity index (χ3n) is 4.58. The zero-order valence-electron chi connectivity index (χ0n) is 13.1. The summed E-state index contributed by atoms with van der Waals surface area (Å²) in [6.07, 6.45) is 3.29. The number of aryl methyl sites for hydroxylation is 2. The van der Waals surface area contributed by atoms with Gasteiger partial charge in [0.15, 0.2) is 0 Å². The smallest absolute Gasteiger partial charge is 0.273 e. The molecule has 2 aliphatic rings. The molecule has 3 N–H and O–H groups in total. The number of carbonyl (C=O) groups excluding carboxylic acids is 2. The van der Waals surface area contributed by atoms with E-state index in [1.54, 1.807) is 24.3 Å². The Balaban J connectivity index is 1.76. The van der Waals surface area contributed by atoms with Crippen molar-refractivity contribution in [2.45, 2.75) is 25.2 Å². The van der Waals surface area contributed by atoms with Crippen molar-refractivity contribution in [1.29, 1.82) is 0 Å². The number of nitrogens with one attached hydrogen (secondary N) is 1. The number of hydrogen-bond donors (Lipinski definition) is 2. The molecule has 5 nitrogen and oxygen atoms in total. The van der Waals surface area contributed by atoms with Gasteiger partial charge in [-0.2, -0.15) is 0 Å². The molecule has 0 aromatic heterocycles. The number of benzene rings is 2. The lowest BCUT2D eigenvalue weighted by molar-refractivity contribution is -0.124. The number of aliphatic imine (C=N–C) groups is 1. The molecule has 1 aliphatic heterocycles. The van der Waals surface area contributed by atoms with Gasteiger partial charge in [-0.25, -0.2) is 4.99 Å². The Hall–Kier alpha value is -2.95. The van der Waals surface area contributed by atoms with Crippen LogP contribution in [0.25, 0.3) is 0 Å². The number of carbonyl (C=O) groups is 2. The molecule has 0 spiro atoms. The Morgan fingerprint density at radius 1 is 1.04 bits per heavy atom. The number of nitrogen functional groups attached to an aromatic ring is 1. The fourth-order valence-corrected chi connectivity index (χ4v) is 3.43. The molecule has 0 radical (unpaired) electrons. The first kappa shape index (κ1) is 14.6. The maximum absolute atomic E-state index is 12.2. The third kappa shape index (κ3) is 2.48. The van der Waals surface area contributed by atoms with Gasteiger partial charge in [0.25, 0.3) is 5.91 Å². The quantitative estimate of drug-likeness (QED) is 0.658. The number of amides is 2. The molecule has 0 saturated carbocycles. The first-order chi connectivity index (χ1) is 11.6. The van der Waals surface area contributed by atoms with Gasteiger partial charge >= 0.3 is 0 Å². The summed E-state index contributed by atoms with van der Waals surface area (Å²) in [5.74, 6) is -1.51. The largest absolute Gasteiger partial charge is 0.399 e. The average molecular weight is 319 g/mol. The lowest BCUT2D eigenvalue weighted by Gasteiger charge is -2.09. The van der Waals surface area contributed by atoms with Crippen LogP contribution in [0.3, 0.4) is 0 Å². The number of rotatable bonds is 2. The maximum atomic E-state index is 12.2. The summed E-state index contributed by atoms with van der Waals surface area (Å²) in [6, 6.07) is 13.0. The minimum absolute atomic E-state index is 0.226. The van der Waals surface area contributed by atoms with E-state index >= 15 is 0 Å². The van der Waals surface area contributed by atoms with Gasteiger partial charge < -0.3 is 5.73 Å². The summed E-state index contributed by atoms with van der Waals surface area (Å²) in [6.45, 7) is 0. The number of fused-ring (bicyclic) bond motifs is 1. The molecule has 2 aromatic carbocycles. The topological polar surface area (TPSA) is 84.5 Å². The van der Waals surface area contributed by atoms with Crippen molar-refractivity contribution in [2.24, 2.45) is 4.99 Å². The summed E-state index contributed by atoms with van der Waals surface area (Å²) in [4.78, 5) is 28.9. The van der Waals surface area contributed by atoms with Gasteiger partial charge in [-0.05, 0) is 60.2 Å². The SMILES string of the molecule is Nc1cccc(C2C(=O)NC(=O)C2=Nc2ccc3c(c2)CCC3)c1. The van der Waals surface area contributed by atoms with Crippen molar-refractivity contribution in [3.8, 4) is 0 Å². The van der Waals surface area contributed by atoms with Crippen LogP contribution >= 0.6 is 0 Å². The van der Waals surface area contributed by atoms with E-state index in [0.29, 0.717) is 16.9 Å². The van der Waals surface area contributed by atoms with Crippen LogP contribution < -0.4 is 11.1 Å². The second kappa shape index (κ2) is 5.60. The van der Waals surface area contributed by atoms with Crippen LogP contribution in [0.15, 0.2) is 47.5 Å². The van der Waals surface area contributed by atoms with Gasteiger partial charge in [0.2, 0.25) is 5.91 Å². The van der Waals surface area contributed by atoms with Gasteiger partial charge in [0.05, 0.1) is 5.69 Å². The molecule has 2 aromatic rings. The molecule has 1 atom stereocenters. The Morgan fingerprint density at radius 3 is 2.71 bits per heavy atom.